The van der Waals surface area contributed by atoms with Gasteiger partial charge in [0.25, 0.3) is 0 Å². The average Bonchev–Trinajstić information content (AvgIpc) is 2.88. The molecule has 1 aliphatic rings. The molecular weight excluding hydrogens is 385 g/mol. The summed E-state index contributed by atoms with van der Waals surface area (Å²) in [6.07, 6.45) is 5.18. The van der Waals surface area contributed by atoms with Crippen LogP contribution in [0.2, 0.25) is 0 Å². The molecule has 0 saturated carbocycles. The Labute approximate surface area is 152 Å². The SMILES string of the molecule is C=CC[C@@H](c1c[nH]c2ccc(Br)cc12)N1CCNCC1.Cl.Cl. The summed E-state index contributed by atoms with van der Waals surface area (Å²) in [5.74, 6) is 0. The number of nitrogens with one attached hydrogen (secondary N) is 2. The van der Waals surface area contributed by atoms with Crippen LogP contribution in [0.1, 0.15) is 18.0 Å². The third kappa shape index (κ3) is 4.06. The van der Waals surface area contributed by atoms with E-state index in [1.54, 1.807) is 0 Å². The molecule has 1 fully saturated rings. The highest BCUT2D eigenvalue weighted by Crippen LogP contribution is 2.32. The van der Waals surface area contributed by atoms with Crippen molar-refractivity contribution in [3.05, 3.63) is 47.1 Å². The third-order valence-corrected chi connectivity index (χ3v) is 4.51. The molecule has 0 amide bonds. The van der Waals surface area contributed by atoms with Crippen molar-refractivity contribution in [2.45, 2.75) is 12.5 Å². The van der Waals surface area contributed by atoms with Gasteiger partial charge in [-0.25, -0.2) is 0 Å². The van der Waals surface area contributed by atoms with Crippen LogP contribution in [0.25, 0.3) is 10.9 Å². The number of halogens is 3. The van der Waals surface area contributed by atoms with Gasteiger partial charge in [-0.1, -0.05) is 22.0 Å². The summed E-state index contributed by atoms with van der Waals surface area (Å²) < 4.78 is 1.13. The fourth-order valence-electron chi connectivity index (χ4n) is 3.01. The predicted molar refractivity (Wildman–Crippen MR) is 102 cm³/mol. The van der Waals surface area contributed by atoms with Crippen LogP contribution in [-0.4, -0.2) is 36.1 Å². The molecule has 6 heteroatoms. The van der Waals surface area contributed by atoms with Crippen LogP contribution < -0.4 is 5.32 Å². The summed E-state index contributed by atoms with van der Waals surface area (Å²) in [4.78, 5) is 5.95. The quantitative estimate of drug-likeness (QED) is 0.741. The van der Waals surface area contributed by atoms with Gasteiger partial charge in [0.2, 0.25) is 0 Å². The van der Waals surface area contributed by atoms with Gasteiger partial charge in [-0.2, -0.15) is 0 Å². The maximum atomic E-state index is 3.94. The summed E-state index contributed by atoms with van der Waals surface area (Å²) in [5.41, 5.74) is 2.58. The predicted octanol–water partition coefficient (Wildman–Crippen LogP) is 4.30. The van der Waals surface area contributed by atoms with Crippen molar-refractivity contribution in [3.8, 4) is 0 Å². The Balaban J connectivity index is 0.00000121. The molecule has 0 radical (unpaired) electrons. The number of benzene rings is 1. The Bertz CT molecular complexity index is 608. The number of H-pyrrole nitrogens is 1. The van der Waals surface area contributed by atoms with Crippen molar-refractivity contribution in [1.29, 1.82) is 0 Å². The summed E-state index contributed by atoms with van der Waals surface area (Å²) in [6.45, 7) is 8.27. The van der Waals surface area contributed by atoms with E-state index in [1.807, 2.05) is 6.08 Å². The van der Waals surface area contributed by atoms with Gasteiger partial charge >= 0.3 is 0 Å². The van der Waals surface area contributed by atoms with Gasteiger partial charge in [0, 0.05) is 53.8 Å². The van der Waals surface area contributed by atoms with E-state index >= 15 is 0 Å². The van der Waals surface area contributed by atoms with Gasteiger partial charge in [0.15, 0.2) is 0 Å². The Morgan fingerprint density at radius 3 is 2.68 bits per heavy atom. The van der Waals surface area contributed by atoms with E-state index in [1.165, 1.54) is 16.5 Å². The highest BCUT2D eigenvalue weighted by Gasteiger charge is 2.23. The van der Waals surface area contributed by atoms with E-state index in [9.17, 15) is 0 Å². The third-order valence-electron chi connectivity index (χ3n) is 4.02. The molecule has 22 heavy (non-hydrogen) atoms. The molecule has 1 atom stereocenters. The molecule has 0 spiro atoms. The largest absolute Gasteiger partial charge is 0.361 e. The number of piperazine rings is 1. The number of aromatic nitrogens is 1. The van der Waals surface area contributed by atoms with Crippen LogP contribution in [0, 0.1) is 0 Å². The zero-order valence-corrected chi connectivity index (χ0v) is 15.6. The molecule has 1 saturated heterocycles. The van der Waals surface area contributed by atoms with E-state index in [0.29, 0.717) is 6.04 Å². The standard InChI is InChI=1S/C16H20BrN3.2ClH/c1-2-3-16(20-8-6-18-7-9-20)14-11-19-15-5-4-12(17)10-13(14)15;;/h2,4-5,10-11,16,18-19H,1,3,6-9H2;2*1H/t16-;;/m0../s1. The molecule has 0 bridgehead atoms. The normalized spacial score (nSPS) is 16.6. The maximum absolute atomic E-state index is 3.94. The Morgan fingerprint density at radius 2 is 2.00 bits per heavy atom. The second-order valence-corrected chi connectivity index (χ2v) is 6.18. The van der Waals surface area contributed by atoms with Crippen LogP contribution in [0.15, 0.2) is 41.5 Å². The summed E-state index contributed by atoms with van der Waals surface area (Å²) in [7, 11) is 0. The van der Waals surface area contributed by atoms with Crippen LogP contribution in [0.4, 0.5) is 0 Å². The van der Waals surface area contributed by atoms with Crippen molar-refractivity contribution in [2.75, 3.05) is 26.2 Å². The number of nitrogens with zero attached hydrogens (tertiary/aromatic N) is 1. The molecule has 1 aromatic carbocycles. The monoisotopic (exact) mass is 405 g/mol. The molecule has 1 aliphatic heterocycles. The average molecular weight is 407 g/mol. The van der Waals surface area contributed by atoms with Gasteiger partial charge in [0.05, 0.1) is 0 Å². The van der Waals surface area contributed by atoms with Gasteiger partial charge in [-0.3, -0.25) is 4.90 Å². The first kappa shape index (κ1) is 19.5. The van der Waals surface area contributed by atoms with E-state index in [4.69, 9.17) is 0 Å². The van der Waals surface area contributed by atoms with Gasteiger partial charge in [-0.05, 0) is 30.2 Å². The lowest BCUT2D eigenvalue weighted by Gasteiger charge is -2.34. The molecule has 3 rings (SSSR count). The minimum absolute atomic E-state index is 0. The summed E-state index contributed by atoms with van der Waals surface area (Å²) in [5, 5.41) is 4.73. The first-order valence-corrected chi connectivity index (χ1v) is 7.91. The van der Waals surface area contributed by atoms with Crippen molar-refractivity contribution in [3.63, 3.8) is 0 Å². The summed E-state index contributed by atoms with van der Waals surface area (Å²) in [6, 6.07) is 6.83. The zero-order valence-electron chi connectivity index (χ0n) is 12.3. The van der Waals surface area contributed by atoms with Gasteiger partial charge in [-0.15, -0.1) is 31.4 Å². The highest BCUT2D eigenvalue weighted by molar-refractivity contribution is 9.10. The number of fused-ring (bicyclic) bond motifs is 1. The number of rotatable bonds is 4. The Kier molecular flexibility index (Phi) is 7.94. The highest BCUT2D eigenvalue weighted by atomic mass is 79.9. The minimum Gasteiger partial charge on any atom is -0.361 e. The minimum atomic E-state index is 0. The topological polar surface area (TPSA) is 31.1 Å². The lowest BCUT2D eigenvalue weighted by Crippen LogP contribution is -2.45. The van der Waals surface area contributed by atoms with Crippen LogP contribution in [0.3, 0.4) is 0 Å². The molecule has 2 N–H and O–H groups in total. The fourth-order valence-corrected chi connectivity index (χ4v) is 3.38. The molecule has 2 aromatic rings. The van der Waals surface area contributed by atoms with E-state index in [-0.39, 0.29) is 24.8 Å². The van der Waals surface area contributed by atoms with Crippen molar-refractivity contribution < 1.29 is 0 Å². The van der Waals surface area contributed by atoms with E-state index < -0.39 is 0 Å². The Morgan fingerprint density at radius 1 is 1.27 bits per heavy atom. The molecule has 0 aliphatic carbocycles. The second-order valence-electron chi connectivity index (χ2n) is 5.26. The summed E-state index contributed by atoms with van der Waals surface area (Å²) >= 11 is 3.58. The maximum Gasteiger partial charge on any atom is 0.0458 e. The molecule has 3 nitrogen and oxygen atoms in total. The van der Waals surface area contributed by atoms with Gasteiger partial charge < -0.3 is 10.3 Å². The zero-order chi connectivity index (χ0) is 13.9. The lowest BCUT2D eigenvalue weighted by atomic mass is 10.0. The van der Waals surface area contributed by atoms with E-state index in [2.05, 4.69) is 62.1 Å². The molecule has 0 unspecified atom stereocenters. The van der Waals surface area contributed by atoms with Crippen LogP contribution in [0.5, 0.6) is 0 Å². The molecule has 2 heterocycles. The van der Waals surface area contributed by atoms with Crippen LogP contribution in [-0.2, 0) is 0 Å². The Hall–Kier alpha value is -0.520. The van der Waals surface area contributed by atoms with Crippen molar-refractivity contribution in [1.82, 2.24) is 15.2 Å². The van der Waals surface area contributed by atoms with Crippen molar-refractivity contribution >= 4 is 51.6 Å². The first-order chi connectivity index (χ1) is 9.79. The first-order valence-electron chi connectivity index (χ1n) is 7.12. The van der Waals surface area contributed by atoms with E-state index in [0.717, 1.165) is 37.1 Å². The van der Waals surface area contributed by atoms with Gasteiger partial charge in [0.1, 0.15) is 0 Å². The fraction of sp³-hybridized carbons (Fsp3) is 0.375. The second kappa shape index (κ2) is 8.94. The number of aromatic amines is 1. The number of hydrogen-bond donors (Lipinski definition) is 2. The number of hydrogen-bond acceptors (Lipinski definition) is 2. The smallest absolute Gasteiger partial charge is 0.0458 e. The molecule has 1 aromatic heterocycles. The molecule has 122 valence electrons. The molecular formula is C16H22BrCl2N3. The lowest BCUT2D eigenvalue weighted by molar-refractivity contribution is 0.175. The van der Waals surface area contributed by atoms with Crippen molar-refractivity contribution in [2.24, 2.45) is 0 Å². The van der Waals surface area contributed by atoms with Crippen LogP contribution >= 0.6 is 40.7 Å².